The molecule has 1 amide bonds. The van der Waals surface area contributed by atoms with Gasteiger partial charge >= 0.3 is 5.88 Å². The van der Waals surface area contributed by atoms with E-state index in [1.54, 1.807) is 6.07 Å². The number of carbonyl (C=O) groups is 1. The van der Waals surface area contributed by atoms with Crippen LogP contribution < -0.4 is 4.90 Å². The average Bonchev–Trinajstić information content (AvgIpc) is 3.05. The second kappa shape index (κ2) is 5.98. The van der Waals surface area contributed by atoms with Crippen LogP contribution in [-0.4, -0.2) is 15.2 Å². The molecular weight excluding hydrogens is 336 g/mol. The van der Waals surface area contributed by atoms with Crippen molar-refractivity contribution in [3.63, 3.8) is 0 Å². The van der Waals surface area contributed by atoms with Crippen molar-refractivity contribution in [2.24, 2.45) is 0 Å². The van der Waals surface area contributed by atoms with E-state index in [9.17, 15) is 14.9 Å². The quantitative estimate of drug-likeness (QED) is 0.363. The molecule has 23 heavy (non-hydrogen) atoms. The standard InChI is InChI=1S/C15H10N2O4S2/c1-9-3-2-4-10(7-9)16-14(18)12(23-15(16)22)8-11-5-6-13(21-11)17(19)20/h2-8H,1H3/b12-8-. The van der Waals surface area contributed by atoms with Crippen LogP contribution in [0.3, 0.4) is 0 Å². The fourth-order valence-corrected chi connectivity index (χ4v) is 3.38. The van der Waals surface area contributed by atoms with Gasteiger partial charge in [-0.3, -0.25) is 19.8 Å². The van der Waals surface area contributed by atoms with E-state index in [4.69, 9.17) is 16.6 Å². The Balaban J connectivity index is 1.91. The summed E-state index contributed by atoms with van der Waals surface area (Å²) in [6.07, 6.45) is 1.46. The van der Waals surface area contributed by atoms with Crippen LogP contribution in [0.25, 0.3) is 6.08 Å². The van der Waals surface area contributed by atoms with Crippen LogP contribution in [0.4, 0.5) is 11.6 Å². The number of carbonyl (C=O) groups excluding carboxylic acids is 1. The Morgan fingerprint density at radius 1 is 1.35 bits per heavy atom. The minimum Gasteiger partial charge on any atom is -0.401 e. The molecule has 2 heterocycles. The highest BCUT2D eigenvalue weighted by Gasteiger charge is 2.33. The van der Waals surface area contributed by atoms with Crippen molar-refractivity contribution in [1.82, 2.24) is 0 Å². The number of amides is 1. The van der Waals surface area contributed by atoms with Crippen molar-refractivity contribution < 1.29 is 14.1 Å². The average molecular weight is 346 g/mol. The smallest absolute Gasteiger partial charge is 0.401 e. The Labute approximate surface area is 140 Å². The van der Waals surface area contributed by atoms with E-state index in [0.29, 0.717) is 14.9 Å². The Morgan fingerprint density at radius 2 is 2.13 bits per heavy atom. The van der Waals surface area contributed by atoms with Gasteiger partial charge in [-0.15, -0.1) is 0 Å². The predicted molar refractivity (Wildman–Crippen MR) is 92.2 cm³/mol. The Bertz CT molecular complexity index is 857. The molecule has 0 spiro atoms. The molecule has 2 aromatic rings. The number of hydrogen-bond donors (Lipinski definition) is 0. The molecule has 3 rings (SSSR count). The molecule has 1 aliphatic heterocycles. The third-order valence-corrected chi connectivity index (χ3v) is 4.42. The lowest BCUT2D eigenvalue weighted by Gasteiger charge is -2.14. The largest absolute Gasteiger partial charge is 0.433 e. The number of benzene rings is 1. The van der Waals surface area contributed by atoms with Gasteiger partial charge in [-0.2, -0.15) is 0 Å². The number of thioether (sulfide) groups is 1. The fourth-order valence-electron chi connectivity index (χ4n) is 2.10. The lowest BCUT2D eigenvalue weighted by molar-refractivity contribution is -0.402. The molecular formula is C15H10N2O4S2. The zero-order chi connectivity index (χ0) is 16.6. The summed E-state index contributed by atoms with van der Waals surface area (Å²) < 4.78 is 5.46. The number of nitrogens with zero attached hydrogens (tertiary/aromatic N) is 2. The molecule has 0 saturated carbocycles. The molecule has 1 aromatic heterocycles. The second-order valence-corrected chi connectivity index (χ2v) is 6.47. The molecule has 116 valence electrons. The van der Waals surface area contributed by atoms with Gasteiger partial charge < -0.3 is 4.42 Å². The Morgan fingerprint density at radius 3 is 2.78 bits per heavy atom. The lowest BCUT2D eigenvalue weighted by atomic mass is 10.2. The third-order valence-electron chi connectivity index (χ3n) is 3.12. The van der Waals surface area contributed by atoms with Gasteiger partial charge in [0.15, 0.2) is 4.32 Å². The number of furan rings is 1. The molecule has 0 N–H and O–H groups in total. The number of anilines is 1. The summed E-state index contributed by atoms with van der Waals surface area (Å²) in [7, 11) is 0. The summed E-state index contributed by atoms with van der Waals surface area (Å²) in [6, 6.07) is 10.1. The Hall–Kier alpha value is -2.45. The maximum absolute atomic E-state index is 12.5. The Kier molecular flexibility index (Phi) is 4.01. The van der Waals surface area contributed by atoms with Gasteiger partial charge in [0.25, 0.3) is 5.91 Å². The molecule has 0 bridgehead atoms. The predicted octanol–water partition coefficient (Wildman–Crippen LogP) is 3.90. The maximum Gasteiger partial charge on any atom is 0.433 e. The van der Waals surface area contributed by atoms with Crippen LogP contribution in [0.1, 0.15) is 11.3 Å². The first kappa shape index (κ1) is 15.4. The number of hydrogen-bond acceptors (Lipinski definition) is 6. The van der Waals surface area contributed by atoms with Crippen molar-refractivity contribution in [3.05, 3.63) is 62.7 Å². The van der Waals surface area contributed by atoms with Crippen molar-refractivity contribution in [3.8, 4) is 0 Å². The van der Waals surface area contributed by atoms with E-state index in [0.717, 1.165) is 17.3 Å². The highest BCUT2D eigenvalue weighted by Crippen LogP contribution is 2.36. The summed E-state index contributed by atoms with van der Waals surface area (Å²) in [4.78, 5) is 24.3. The van der Waals surface area contributed by atoms with E-state index in [-0.39, 0.29) is 17.6 Å². The summed E-state index contributed by atoms with van der Waals surface area (Å²) in [5.74, 6) is -0.406. The molecule has 6 nitrogen and oxygen atoms in total. The van der Waals surface area contributed by atoms with E-state index in [1.165, 1.54) is 23.1 Å². The minimum absolute atomic E-state index is 0.237. The molecule has 0 radical (unpaired) electrons. The van der Waals surface area contributed by atoms with E-state index < -0.39 is 4.92 Å². The van der Waals surface area contributed by atoms with Crippen LogP contribution in [0, 0.1) is 17.0 Å². The first-order valence-corrected chi connectivity index (χ1v) is 7.77. The van der Waals surface area contributed by atoms with E-state index >= 15 is 0 Å². The zero-order valence-corrected chi connectivity index (χ0v) is 13.5. The van der Waals surface area contributed by atoms with Gasteiger partial charge in [0.1, 0.15) is 10.7 Å². The first-order chi connectivity index (χ1) is 11.0. The summed E-state index contributed by atoms with van der Waals surface area (Å²) in [5.41, 5.74) is 1.71. The van der Waals surface area contributed by atoms with Crippen LogP contribution in [0.15, 0.2) is 45.7 Å². The summed E-state index contributed by atoms with van der Waals surface area (Å²) >= 11 is 6.41. The van der Waals surface area contributed by atoms with Gasteiger partial charge in [-0.25, -0.2) is 0 Å². The van der Waals surface area contributed by atoms with Gasteiger partial charge in [0.05, 0.1) is 16.7 Å². The second-order valence-electron chi connectivity index (χ2n) is 4.79. The van der Waals surface area contributed by atoms with Crippen LogP contribution >= 0.6 is 24.0 Å². The van der Waals surface area contributed by atoms with Gasteiger partial charge in [0, 0.05) is 6.08 Å². The molecule has 1 aliphatic rings. The van der Waals surface area contributed by atoms with Crippen molar-refractivity contribution in [2.75, 3.05) is 4.90 Å². The fraction of sp³-hybridized carbons (Fsp3) is 0.0667. The van der Waals surface area contributed by atoms with Crippen LogP contribution in [-0.2, 0) is 4.79 Å². The number of aryl methyl sites for hydroxylation is 1. The zero-order valence-electron chi connectivity index (χ0n) is 11.9. The topological polar surface area (TPSA) is 76.6 Å². The van der Waals surface area contributed by atoms with Gasteiger partial charge in [-0.1, -0.05) is 36.1 Å². The number of rotatable bonds is 3. The monoisotopic (exact) mass is 346 g/mol. The van der Waals surface area contributed by atoms with E-state index in [2.05, 4.69) is 0 Å². The summed E-state index contributed by atoms with van der Waals surface area (Å²) in [6.45, 7) is 1.93. The SMILES string of the molecule is Cc1cccc(N2C(=O)/C(=C/c3ccc([N+](=O)[O-])o3)SC2=S)c1. The molecule has 1 aromatic carbocycles. The van der Waals surface area contributed by atoms with Crippen LogP contribution in [0.5, 0.6) is 0 Å². The molecule has 0 aliphatic carbocycles. The normalized spacial score (nSPS) is 16.4. The van der Waals surface area contributed by atoms with Gasteiger partial charge in [-0.05, 0) is 30.7 Å². The van der Waals surface area contributed by atoms with Crippen LogP contribution in [0.2, 0.25) is 0 Å². The highest BCUT2D eigenvalue weighted by molar-refractivity contribution is 8.27. The molecule has 8 heteroatoms. The van der Waals surface area contributed by atoms with E-state index in [1.807, 2.05) is 25.1 Å². The van der Waals surface area contributed by atoms with Gasteiger partial charge in [0.2, 0.25) is 0 Å². The van der Waals surface area contributed by atoms with Crippen molar-refractivity contribution >= 4 is 51.9 Å². The molecule has 0 unspecified atom stereocenters. The van der Waals surface area contributed by atoms with Crippen molar-refractivity contribution in [1.29, 1.82) is 0 Å². The molecule has 1 saturated heterocycles. The maximum atomic E-state index is 12.5. The summed E-state index contributed by atoms with van der Waals surface area (Å²) in [5, 5.41) is 10.6. The lowest BCUT2D eigenvalue weighted by Crippen LogP contribution is -2.27. The molecule has 0 atom stereocenters. The number of nitro groups is 1. The minimum atomic E-state index is -0.630. The highest BCUT2D eigenvalue weighted by atomic mass is 32.2. The molecule has 1 fully saturated rings. The number of thiocarbonyl (C=S) groups is 1. The first-order valence-electron chi connectivity index (χ1n) is 6.54. The third kappa shape index (κ3) is 3.03. The van der Waals surface area contributed by atoms with Crippen molar-refractivity contribution in [2.45, 2.75) is 6.92 Å².